The first-order valence-electron chi connectivity index (χ1n) is 11.2. The van der Waals surface area contributed by atoms with Crippen molar-refractivity contribution in [3.63, 3.8) is 0 Å². The van der Waals surface area contributed by atoms with E-state index in [-0.39, 0.29) is 22.9 Å². The Labute approximate surface area is 213 Å². The van der Waals surface area contributed by atoms with Gasteiger partial charge in [0.05, 0.1) is 22.3 Å². The standard InChI is InChI=1S/C24H26F6N2O2S2/c1-3-5-13-31-21(33)19-15(23(25,26)27)9-7-11-17(19)35-36-18-12-8-10-16(24(28,29)30)20(18)22(34)32-14-6-4-2/h7-12H,3-6,13-14H2,1-2H3,(H,31,33)(H,32,34). The van der Waals surface area contributed by atoms with Crippen molar-refractivity contribution < 1.29 is 35.9 Å². The molecular formula is C24H26F6N2O2S2. The lowest BCUT2D eigenvalue weighted by atomic mass is 10.1. The minimum absolute atomic E-state index is 0.0847. The van der Waals surface area contributed by atoms with E-state index in [1.807, 2.05) is 13.8 Å². The van der Waals surface area contributed by atoms with Crippen LogP contribution in [-0.4, -0.2) is 24.9 Å². The molecule has 2 aromatic rings. The van der Waals surface area contributed by atoms with Gasteiger partial charge in [-0.15, -0.1) is 0 Å². The van der Waals surface area contributed by atoms with Crippen LogP contribution in [0.3, 0.4) is 0 Å². The van der Waals surface area contributed by atoms with Crippen molar-refractivity contribution in [1.82, 2.24) is 10.6 Å². The molecule has 0 fully saturated rings. The molecule has 0 heterocycles. The molecule has 0 atom stereocenters. The molecule has 0 aliphatic carbocycles. The third kappa shape index (κ3) is 8.09. The van der Waals surface area contributed by atoms with Crippen LogP contribution in [-0.2, 0) is 12.4 Å². The summed E-state index contributed by atoms with van der Waals surface area (Å²) in [6, 6.07) is 6.38. The molecule has 2 aromatic carbocycles. The van der Waals surface area contributed by atoms with E-state index in [1.165, 1.54) is 12.1 Å². The Morgan fingerprint density at radius 2 is 1.06 bits per heavy atom. The monoisotopic (exact) mass is 552 g/mol. The molecule has 0 saturated carbocycles. The van der Waals surface area contributed by atoms with E-state index in [0.29, 0.717) is 34.4 Å². The van der Waals surface area contributed by atoms with Crippen molar-refractivity contribution in [2.45, 2.75) is 61.7 Å². The summed E-state index contributed by atoms with van der Waals surface area (Å²) in [4.78, 5) is 25.2. The highest BCUT2D eigenvalue weighted by atomic mass is 33.1. The van der Waals surface area contributed by atoms with Crippen LogP contribution in [0.4, 0.5) is 26.3 Å². The maximum atomic E-state index is 13.7. The minimum Gasteiger partial charge on any atom is -0.352 e. The summed E-state index contributed by atoms with van der Waals surface area (Å²) >= 11 is 0. The maximum absolute atomic E-state index is 13.7. The largest absolute Gasteiger partial charge is 0.417 e. The molecule has 2 amide bonds. The third-order valence-corrected chi connectivity index (χ3v) is 7.42. The van der Waals surface area contributed by atoms with E-state index in [0.717, 1.165) is 37.1 Å². The van der Waals surface area contributed by atoms with Gasteiger partial charge in [-0.05, 0) is 37.1 Å². The number of amides is 2. The van der Waals surface area contributed by atoms with Crippen LogP contribution in [0.1, 0.15) is 71.4 Å². The number of carbonyl (C=O) groups is 2. The zero-order valence-corrected chi connectivity index (χ0v) is 21.2. The summed E-state index contributed by atoms with van der Waals surface area (Å²) in [5.74, 6) is -1.86. The summed E-state index contributed by atoms with van der Waals surface area (Å²) in [6.45, 7) is 4.07. The SMILES string of the molecule is CCCCNC(=O)c1c(SSc2cccc(C(F)(F)F)c2C(=O)NCCCC)cccc1C(F)(F)F. The Bertz CT molecular complexity index is 974. The average Bonchev–Trinajstić information content (AvgIpc) is 2.81. The molecule has 0 unspecified atom stereocenters. The van der Waals surface area contributed by atoms with Crippen LogP contribution < -0.4 is 10.6 Å². The fourth-order valence-corrected chi connectivity index (χ4v) is 5.56. The second-order valence-electron chi connectivity index (χ2n) is 7.74. The van der Waals surface area contributed by atoms with Crippen LogP contribution in [0.25, 0.3) is 0 Å². The van der Waals surface area contributed by atoms with E-state index in [9.17, 15) is 35.9 Å². The number of rotatable bonds is 11. The number of unbranched alkanes of at least 4 members (excludes halogenated alkanes) is 2. The van der Waals surface area contributed by atoms with E-state index >= 15 is 0 Å². The number of hydrogen-bond acceptors (Lipinski definition) is 4. The van der Waals surface area contributed by atoms with Gasteiger partial charge >= 0.3 is 12.4 Å². The van der Waals surface area contributed by atoms with Crippen molar-refractivity contribution in [3.8, 4) is 0 Å². The molecule has 0 aliphatic heterocycles. The summed E-state index contributed by atoms with van der Waals surface area (Å²) in [5, 5.41) is 4.93. The first-order chi connectivity index (χ1) is 16.9. The average molecular weight is 553 g/mol. The predicted octanol–water partition coefficient (Wildman–Crippen LogP) is 7.58. The van der Waals surface area contributed by atoms with Gasteiger partial charge in [-0.2, -0.15) is 26.3 Å². The highest BCUT2D eigenvalue weighted by Gasteiger charge is 2.38. The van der Waals surface area contributed by atoms with Gasteiger partial charge in [0.2, 0.25) is 0 Å². The molecule has 2 rings (SSSR count). The molecular weight excluding hydrogens is 526 g/mol. The number of nitrogens with one attached hydrogen (secondary N) is 2. The van der Waals surface area contributed by atoms with Crippen LogP contribution in [0, 0.1) is 0 Å². The van der Waals surface area contributed by atoms with Gasteiger partial charge in [-0.25, -0.2) is 0 Å². The second kappa shape index (κ2) is 13.3. The van der Waals surface area contributed by atoms with Gasteiger partial charge < -0.3 is 10.6 Å². The van der Waals surface area contributed by atoms with Crippen molar-refractivity contribution >= 4 is 33.4 Å². The Kier molecular flexibility index (Phi) is 11.0. The van der Waals surface area contributed by atoms with Crippen molar-refractivity contribution in [1.29, 1.82) is 0 Å². The first kappa shape index (κ1) is 29.9. The number of halogens is 6. The van der Waals surface area contributed by atoms with Crippen LogP contribution >= 0.6 is 21.6 Å². The fourth-order valence-electron chi connectivity index (χ4n) is 3.17. The topological polar surface area (TPSA) is 58.2 Å². The molecule has 0 aliphatic rings. The van der Waals surface area contributed by atoms with Gasteiger partial charge in [-0.3, -0.25) is 9.59 Å². The predicted molar refractivity (Wildman–Crippen MR) is 129 cm³/mol. The van der Waals surface area contributed by atoms with Crippen molar-refractivity contribution in [2.75, 3.05) is 13.1 Å². The lowest BCUT2D eigenvalue weighted by Gasteiger charge is -2.18. The molecule has 0 bridgehead atoms. The molecule has 2 N–H and O–H groups in total. The molecule has 0 spiro atoms. The van der Waals surface area contributed by atoms with Gasteiger partial charge in [-0.1, -0.05) is 60.4 Å². The summed E-state index contributed by atoms with van der Waals surface area (Å²) in [7, 11) is 1.37. The molecule has 0 radical (unpaired) electrons. The van der Waals surface area contributed by atoms with E-state index in [1.54, 1.807) is 0 Å². The molecule has 36 heavy (non-hydrogen) atoms. The summed E-state index contributed by atoms with van der Waals surface area (Å²) in [5.41, 5.74) is -3.52. The van der Waals surface area contributed by atoms with Crippen molar-refractivity contribution in [3.05, 3.63) is 58.7 Å². The minimum atomic E-state index is -4.82. The zero-order valence-electron chi connectivity index (χ0n) is 19.6. The van der Waals surface area contributed by atoms with E-state index in [4.69, 9.17) is 0 Å². The molecule has 0 saturated heterocycles. The highest BCUT2D eigenvalue weighted by molar-refractivity contribution is 8.76. The zero-order chi connectivity index (χ0) is 26.9. The van der Waals surface area contributed by atoms with Gasteiger partial charge in [0.15, 0.2) is 0 Å². The fraction of sp³-hybridized carbons (Fsp3) is 0.417. The van der Waals surface area contributed by atoms with E-state index < -0.39 is 46.4 Å². The lowest BCUT2D eigenvalue weighted by Crippen LogP contribution is -2.28. The number of hydrogen-bond donors (Lipinski definition) is 2. The van der Waals surface area contributed by atoms with E-state index in [2.05, 4.69) is 10.6 Å². The Hall–Kier alpha value is -2.34. The number of carbonyl (C=O) groups excluding carboxylic acids is 2. The van der Waals surface area contributed by atoms with Gasteiger partial charge in [0.1, 0.15) is 0 Å². The second-order valence-corrected chi connectivity index (χ2v) is 9.95. The Balaban J connectivity index is 2.47. The number of benzene rings is 2. The molecule has 0 aromatic heterocycles. The lowest BCUT2D eigenvalue weighted by molar-refractivity contribution is -0.138. The molecule has 198 valence electrons. The summed E-state index contributed by atoms with van der Waals surface area (Å²) in [6.07, 6.45) is -7.07. The van der Waals surface area contributed by atoms with Crippen molar-refractivity contribution in [2.24, 2.45) is 0 Å². The Morgan fingerprint density at radius 3 is 1.36 bits per heavy atom. The van der Waals surface area contributed by atoms with Gasteiger partial charge in [0, 0.05) is 22.9 Å². The van der Waals surface area contributed by atoms with Crippen LogP contribution in [0.5, 0.6) is 0 Å². The third-order valence-electron chi connectivity index (χ3n) is 4.97. The van der Waals surface area contributed by atoms with Crippen LogP contribution in [0.2, 0.25) is 0 Å². The number of alkyl halides is 6. The highest BCUT2D eigenvalue weighted by Crippen LogP contribution is 2.45. The smallest absolute Gasteiger partial charge is 0.352 e. The first-order valence-corrected chi connectivity index (χ1v) is 13.4. The quantitative estimate of drug-likeness (QED) is 0.171. The molecule has 12 heteroatoms. The van der Waals surface area contributed by atoms with Crippen LogP contribution in [0.15, 0.2) is 46.2 Å². The Morgan fingerprint density at radius 1 is 0.694 bits per heavy atom. The molecule has 4 nitrogen and oxygen atoms in total. The maximum Gasteiger partial charge on any atom is 0.417 e. The normalized spacial score (nSPS) is 11.9. The summed E-state index contributed by atoms with van der Waals surface area (Å²) < 4.78 is 82.0. The van der Waals surface area contributed by atoms with Gasteiger partial charge in [0.25, 0.3) is 11.8 Å².